The Kier molecular flexibility index (Phi) is 5.42. The van der Waals surface area contributed by atoms with Crippen molar-refractivity contribution < 1.29 is 9.18 Å². The van der Waals surface area contributed by atoms with E-state index in [2.05, 4.69) is 10.6 Å². The summed E-state index contributed by atoms with van der Waals surface area (Å²) in [4.78, 5) is 13.8. The first-order chi connectivity index (χ1) is 11.2. The maximum absolute atomic E-state index is 14.0. The van der Waals surface area contributed by atoms with E-state index < -0.39 is 0 Å². The van der Waals surface area contributed by atoms with Gasteiger partial charge < -0.3 is 10.6 Å². The van der Waals surface area contributed by atoms with Gasteiger partial charge in [-0.15, -0.1) is 24.2 Å². The molecule has 2 fully saturated rings. The average molecular weight is 371 g/mol. The monoisotopic (exact) mass is 370 g/mol. The van der Waals surface area contributed by atoms with Crippen LogP contribution < -0.4 is 10.6 Å². The zero-order valence-electron chi connectivity index (χ0n) is 13.6. The van der Waals surface area contributed by atoms with Crippen LogP contribution in [-0.2, 0) is 4.79 Å². The standard InChI is InChI=1S/C18H23FN2OS.ClH/c19-14-6-3-5-13-15(7-9-23-16(13)14)21-17(22)18-8-2-1-4-12(18)10-20-11-18;/h3,5-6,12,15,20H,1-2,4,7-11H2,(H,21,22);1H/t12-,15?,18+;/m0./s1. The van der Waals surface area contributed by atoms with Gasteiger partial charge in [0.15, 0.2) is 0 Å². The zero-order chi connectivity index (χ0) is 15.9. The molecule has 0 bridgehead atoms. The molecule has 0 spiro atoms. The van der Waals surface area contributed by atoms with Crippen LogP contribution in [0.1, 0.15) is 43.7 Å². The highest BCUT2D eigenvalue weighted by Gasteiger charge is 2.50. The number of carbonyl (C=O) groups excluding carboxylic acids is 1. The van der Waals surface area contributed by atoms with Crippen LogP contribution in [0.4, 0.5) is 4.39 Å². The summed E-state index contributed by atoms with van der Waals surface area (Å²) in [6.45, 7) is 1.75. The van der Waals surface area contributed by atoms with Crippen molar-refractivity contribution in [2.75, 3.05) is 18.8 Å². The minimum absolute atomic E-state index is 0. The summed E-state index contributed by atoms with van der Waals surface area (Å²) < 4.78 is 14.0. The first kappa shape index (κ1) is 18.0. The highest BCUT2D eigenvalue weighted by molar-refractivity contribution is 7.99. The molecule has 4 rings (SSSR count). The molecule has 2 heterocycles. The molecule has 2 N–H and O–H groups in total. The number of amides is 1. The van der Waals surface area contributed by atoms with Crippen molar-refractivity contribution in [3.05, 3.63) is 29.6 Å². The fraction of sp³-hybridized carbons (Fsp3) is 0.611. The van der Waals surface area contributed by atoms with Gasteiger partial charge in [-0.3, -0.25) is 4.79 Å². The summed E-state index contributed by atoms with van der Waals surface area (Å²) in [6.07, 6.45) is 5.37. The number of benzene rings is 1. The van der Waals surface area contributed by atoms with E-state index >= 15 is 0 Å². The molecule has 1 unspecified atom stereocenters. The molecule has 3 atom stereocenters. The van der Waals surface area contributed by atoms with Crippen molar-refractivity contribution in [1.29, 1.82) is 0 Å². The third kappa shape index (κ3) is 2.95. The number of carbonyl (C=O) groups is 1. The Bertz CT molecular complexity index is 629. The van der Waals surface area contributed by atoms with Crippen LogP contribution in [0.3, 0.4) is 0 Å². The lowest BCUT2D eigenvalue weighted by Gasteiger charge is -2.39. The molecule has 1 aromatic rings. The topological polar surface area (TPSA) is 41.1 Å². The lowest BCUT2D eigenvalue weighted by molar-refractivity contribution is -0.134. The zero-order valence-corrected chi connectivity index (χ0v) is 15.3. The normalized spacial score (nSPS) is 31.5. The summed E-state index contributed by atoms with van der Waals surface area (Å²) >= 11 is 1.56. The van der Waals surface area contributed by atoms with E-state index in [0.29, 0.717) is 10.8 Å². The van der Waals surface area contributed by atoms with Crippen LogP contribution in [0.5, 0.6) is 0 Å². The molecular weight excluding hydrogens is 347 g/mol. The van der Waals surface area contributed by atoms with Crippen LogP contribution in [0.2, 0.25) is 0 Å². The minimum Gasteiger partial charge on any atom is -0.349 e. The molecule has 0 radical (unpaired) electrons. The van der Waals surface area contributed by atoms with Crippen molar-refractivity contribution in [3.8, 4) is 0 Å². The van der Waals surface area contributed by atoms with Crippen molar-refractivity contribution >= 4 is 30.1 Å². The first-order valence-corrected chi connectivity index (χ1v) is 9.62. The maximum atomic E-state index is 14.0. The van der Waals surface area contributed by atoms with Crippen LogP contribution in [-0.4, -0.2) is 24.7 Å². The summed E-state index contributed by atoms with van der Waals surface area (Å²) in [5.74, 6) is 1.33. The second kappa shape index (κ2) is 7.22. The predicted octanol–water partition coefficient (Wildman–Crippen LogP) is 3.68. The largest absolute Gasteiger partial charge is 0.349 e. The van der Waals surface area contributed by atoms with E-state index in [9.17, 15) is 9.18 Å². The highest BCUT2D eigenvalue weighted by atomic mass is 35.5. The summed E-state index contributed by atoms with van der Waals surface area (Å²) in [6, 6.07) is 5.16. The van der Waals surface area contributed by atoms with E-state index in [1.165, 1.54) is 12.5 Å². The van der Waals surface area contributed by atoms with Crippen molar-refractivity contribution in [2.24, 2.45) is 11.3 Å². The van der Waals surface area contributed by atoms with Gasteiger partial charge in [-0.25, -0.2) is 4.39 Å². The lowest BCUT2D eigenvalue weighted by atomic mass is 9.67. The molecule has 0 aromatic heterocycles. The van der Waals surface area contributed by atoms with Gasteiger partial charge in [-0.1, -0.05) is 25.0 Å². The van der Waals surface area contributed by atoms with E-state index in [0.717, 1.165) is 50.1 Å². The number of fused-ring (bicyclic) bond motifs is 2. The molecule has 1 amide bonds. The fourth-order valence-corrected chi connectivity index (χ4v) is 5.67. The fourth-order valence-electron chi connectivity index (χ4n) is 4.53. The second-order valence-corrected chi connectivity index (χ2v) is 8.16. The molecular formula is C18H24ClFN2OS. The second-order valence-electron chi connectivity index (χ2n) is 7.05. The van der Waals surface area contributed by atoms with Gasteiger partial charge in [0, 0.05) is 17.2 Å². The Hall–Kier alpha value is -0.780. The molecule has 132 valence electrons. The van der Waals surface area contributed by atoms with Crippen molar-refractivity contribution in [3.63, 3.8) is 0 Å². The SMILES string of the molecule is Cl.O=C(NC1CCSc2c(F)cccc21)[C@@]12CCCC[C@H]1CNC2. The van der Waals surface area contributed by atoms with E-state index in [1.54, 1.807) is 17.8 Å². The Balaban J connectivity index is 0.00000169. The van der Waals surface area contributed by atoms with Gasteiger partial charge >= 0.3 is 0 Å². The van der Waals surface area contributed by atoms with Crippen LogP contribution in [0, 0.1) is 17.2 Å². The summed E-state index contributed by atoms with van der Waals surface area (Å²) in [5.41, 5.74) is 0.709. The third-order valence-electron chi connectivity index (χ3n) is 5.82. The van der Waals surface area contributed by atoms with Gasteiger partial charge in [-0.05, 0) is 43.4 Å². The number of halogens is 2. The number of hydrogen-bond donors (Lipinski definition) is 2. The quantitative estimate of drug-likeness (QED) is 0.834. The van der Waals surface area contributed by atoms with Crippen molar-refractivity contribution in [2.45, 2.75) is 43.0 Å². The number of nitrogens with one attached hydrogen (secondary N) is 2. The highest BCUT2D eigenvalue weighted by Crippen LogP contribution is 2.45. The van der Waals surface area contributed by atoms with Crippen molar-refractivity contribution in [1.82, 2.24) is 10.6 Å². The van der Waals surface area contributed by atoms with Gasteiger partial charge in [0.1, 0.15) is 5.82 Å². The van der Waals surface area contributed by atoms with Crippen LogP contribution in [0.15, 0.2) is 23.1 Å². The Morgan fingerprint density at radius 2 is 2.21 bits per heavy atom. The third-order valence-corrected chi connectivity index (χ3v) is 6.98. The maximum Gasteiger partial charge on any atom is 0.228 e. The molecule has 6 heteroatoms. The van der Waals surface area contributed by atoms with E-state index in [1.807, 2.05) is 6.07 Å². The Labute approximate surface area is 152 Å². The Morgan fingerprint density at radius 3 is 3.08 bits per heavy atom. The number of thioether (sulfide) groups is 1. The number of rotatable bonds is 2. The summed E-state index contributed by atoms with van der Waals surface area (Å²) in [5, 5.41) is 6.70. The predicted molar refractivity (Wildman–Crippen MR) is 97.1 cm³/mol. The lowest BCUT2D eigenvalue weighted by Crippen LogP contribution is -2.49. The smallest absolute Gasteiger partial charge is 0.228 e. The molecule has 2 aliphatic heterocycles. The first-order valence-electron chi connectivity index (χ1n) is 8.63. The number of hydrogen-bond acceptors (Lipinski definition) is 3. The van der Waals surface area contributed by atoms with Gasteiger partial charge in [-0.2, -0.15) is 0 Å². The molecule has 1 saturated carbocycles. The van der Waals surface area contributed by atoms with Gasteiger partial charge in [0.25, 0.3) is 0 Å². The van der Waals surface area contributed by atoms with Gasteiger partial charge in [0.05, 0.1) is 11.5 Å². The molecule has 1 saturated heterocycles. The van der Waals surface area contributed by atoms with Crippen LogP contribution >= 0.6 is 24.2 Å². The summed E-state index contributed by atoms with van der Waals surface area (Å²) in [7, 11) is 0. The van der Waals surface area contributed by atoms with E-state index in [-0.39, 0.29) is 35.6 Å². The average Bonchev–Trinajstić information content (AvgIpc) is 3.01. The molecule has 1 aliphatic carbocycles. The van der Waals surface area contributed by atoms with Crippen LogP contribution in [0.25, 0.3) is 0 Å². The minimum atomic E-state index is -0.240. The van der Waals surface area contributed by atoms with Gasteiger partial charge in [0.2, 0.25) is 5.91 Å². The molecule has 24 heavy (non-hydrogen) atoms. The molecule has 3 aliphatic rings. The molecule has 3 nitrogen and oxygen atoms in total. The van der Waals surface area contributed by atoms with E-state index in [4.69, 9.17) is 0 Å². The Morgan fingerprint density at radius 1 is 1.33 bits per heavy atom. The molecule has 1 aromatic carbocycles.